The third kappa shape index (κ3) is 3.45. The zero-order valence-corrected chi connectivity index (χ0v) is 17.4. The van der Waals surface area contributed by atoms with Gasteiger partial charge in [-0.1, -0.05) is 6.92 Å². The van der Waals surface area contributed by atoms with Crippen molar-refractivity contribution in [1.29, 1.82) is 0 Å². The van der Waals surface area contributed by atoms with Crippen molar-refractivity contribution in [3.05, 3.63) is 48.4 Å². The predicted molar refractivity (Wildman–Crippen MR) is 112 cm³/mol. The van der Waals surface area contributed by atoms with E-state index in [0.717, 1.165) is 11.1 Å². The van der Waals surface area contributed by atoms with Crippen LogP contribution < -0.4 is 4.90 Å². The fourth-order valence-electron chi connectivity index (χ4n) is 4.08. The van der Waals surface area contributed by atoms with E-state index < -0.39 is 17.9 Å². The first-order valence-corrected chi connectivity index (χ1v) is 10.4. The fraction of sp³-hybridized carbons (Fsp3) is 0.364. The number of pyridine rings is 2. The predicted octanol–water partition coefficient (Wildman–Crippen LogP) is 3.49. The molecular formula is C22H21F2N5O3. The average molecular weight is 441 g/mol. The number of carbonyl (C=O) groups is 2. The number of carbonyl (C=O) groups excluding carboxylic acids is 2. The molecule has 166 valence electrons. The first-order chi connectivity index (χ1) is 15.3. The first-order valence-electron chi connectivity index (χ1n) is 10.4. The molecule has 2 amide bonds. The number of ether oxygens (including phenoxy) is 1. The molecule has 5 rings (SSSR count). The summed E-state index contributed by atoms with van der Waals surface area (Å²) in [6.45, 7) is 2.32. The summed E-state index contributed by atoms with van der Waals surface area (Å²) in [6.07, 6.45) is 4.18. The average Bonchev–Trinajstić information content (AvgIpc) is 3.41. The highest BCUT2D eigenvalue weighted by Crippen LogP contribution is 2.33. The summed E-state index contributed by atoms with van der Waals surface area (Å²) in [4.78, 5) is 36.3. The second-order valence-corrected chi connectivity index (χ2v) is 8.13. The molecule has 1 unspecified atom stereocenters. The minimum atomic E-state index is -2.74. The molecule has 10 heteroatoms. The maximum absolute atomic E-state index is 13.8. The number of fused-ring (bicyclic) bond motifs is 1. The maximum Gasteiger partial charge on any atom is 0.415 e. The number of hydrogen-bond donors (Lipinski definition) is 0. The van der Waals surface area contributed by atoms with E-state index in [-0.39, 0.29) is 25.4 Å². The molecule has 0 saturated carbocycles. The molecule has 8 nitrogen and oxygen atoms in total. The number of hydrogen-bond acceptors (Lipinski definition) is 5. The van der Waals surface area contributed by atoms with Crippen LogP contribution in [-0.4, -0.2) is 63.6 Å². The highest BCUT2D eigenvalue weighted by molar-refractivity contribution is 5.97. The number of piperidine rings is 1. The molecule has 2 saturated heterocycles. The molecule has 2 fully saturated rings. The van der Waals surface area contributed by atoms with Crippen LogP contribution in [0.1, 0.15) is 23.7 Å². The standard InChI is InChI=1S/C22H21F2N5O3/c1-14-13-27(7-5-22(14,23)24)20(30)16-10-15-4-6-28(19(15)26-11-16)17-2-3-18(25-12-17)29-8-9-32-21(29)31/h2-4,6,10-12,14H,5,7-9,13H2,1H3. The Morgan fingerprint density at radius 1 is 1.19 bits per heavy atom. The van der Waals surface area contributed by atoms with Gasteiger partial charge in [-0.15, -0.1) is 0 Å². The van der Waals surface area contributed by atoms with Gasteiger partial charge in [0, 0.05) is 43.2 Å². The van der Waals surface area contributed by atoms with Crippen LogP contribution in [-0.2, 0) is 4.74 Å². The van der Waals surface area contributed by atoms with Gasteiger partial charge in [0.25, 0.3) is 11.8 Å². The SMILES string of the molecule is CC1CN(C(=O)c2cnc3c(ccn3-c3ccc(N4CCOC4=O)nc3)c2)CCC1(F)F. The summed E-state index contributed by atoms with van der Waals surface area (Å²) < 4.78 is 34.3. The lowest BCUT2D eigenvalue weighted by Crippen LogP contribution is -2.48. The molecular weight excluding hydrogens is 420 g/mol. The minimum Gasteiger partial charge on any atom is -0.447 e. The van der Waals surface area contributed by atoms with Crippen molar-refractivity contribution in [3.63, 3.8) is 0 Å². The van der Waals surface area contributed by atoms with Crippen LogP contribution in [0.2, 0.25) is 0 Å². The van der Waals surface area contributed by atoms with Gasteiger partial charge in [-0.2, -0.15) is 0 Å². The number of cyclic esters (lactones) is 1. The second-order valence-electron chi connectivity index (χ2n) is 8.13. The van der Waals surface area contributed by atoms with Gasteiger partial charge < -0.3 is 9.64 Å². The Morgan fingerprint density at radius 2 is 2.03 bits per heavy atom. The number of likely N-dealkylation sites (tertiary alicyclic amines) is 1. The van der Waals surface area contributed by atoms with E-state index in [9.17, 15) is 18.4 Å². The van der Waals surface area contributed by atoms with E-state index in [0.29, 0.717) is 30.2 Å². The second kappa shape index (κ2) is 7.54. The Hall–Kier alpha value is -3.56. The summed E-state index contributed by atoms with van der Waals surface area (Å²) >= 11 is 0. The van der Waals surface area contributed by atoms with Gasteiger partial charge in [-0.05, 0) is 24.3 Å². The van der Waals surface area contributed by atoms with Crippen LogP contribution in [0.15, 0.2) is 42.9 Å². The van der Waals surface area contributed by atoms with E-state index in [1.807, 2.05) is 22.9 Å². The largest absolute Gasteiger partial charge is 0.447 e. The summed E-state index contributed by atoms with van der Waals surface area (Å²) in [5.41, 5.74) is 1.75. The number of alkyl halides is 2. The Morgan fingerprint density at radius 3 is 2.72 bits per heavy atom. The van der Waals surface area contributed by atoms with Gasteiger partial charge >= 0.3 is 6.09 Å². The zero-order chi connectivity index (χ0) is 22.5. The molecule has 1 atom stereocenters. The molecule has 3 aromatic rings. The van der Waals surface area contributed by atoms with Gasteiger partial charge in [0.05, 0.1) is 24.0 Å². The van der Waals surface area contributed by atoms with Crippen molar-refractivity contribution in [1.82, 2.24) is 19.4 Å². The number of anilines is 1. The van der Waals surface area contributed by atoms with Crippen molar-refractivity contribution in [2.24, 2.45) is 5.92 Å². The Labute approximate surface area is 182 Å². The molecule has 2 aliphatic rings. The van der Waals surface area contributed by atoms with Crippen molar-refractivity contribution in [3.8, 4) is 5.69 Å². The molecule has 0 N–H and O–H groups in total. The summed E-state index contributed by atoms with van der Waals surface area (Å²) in [7, 11) is 0. The molecule has 0 aromatic carbocycles. The molecule has 2 aliphatic heterocycles. The summed E-state index contributed by atoms with van der Waals surface area (Å²) in [5.74, 6) is -3.40. The smallest absolute Gasteiger partial charge is 0.415 e. The van der Waals surface area contributed by atoms with Gasteiger partial charge in [0.15, 0.2) is 0 Å². The van der Waals surface area contributed by atoms with E-state index >= 15 is 0 Å². The number of rotatable bonds is 3. The van der Waals surface area contributed by atoms with Crippen molar-refractivity contribution in [2.45, 2.75) is 19.3 Å². The third-order valence-corrected chi connectivity index (χ3v) is 6.04. The lowest BCUT2D eigenvalue weighted by Gasteiger charge is -2.36. The van der Waals surface area contributed by atoms with Crippen LogP contribution >= 0.6 is 0 Å². The van der Waals surface area contributed by atoms with Crippen LogP contribution in [0, 0.1) is 5.92 Å². The van der Waals surface area contributed by atoms with Gasteiger partial charge in [-0.25, -0.2) is 23.5 Å². The van der Waals surface area contributed by atoms with E-state index in [1.165, 1.54) is 22.9 Å². The zero-order valence-electron chi connectivity index (χ0n) is 17.4. The Kier molecular flexibility index (Phi) is 4.79. The number of halogens is 2. The van der Waals surface area contributed by atoms with Crippen LogP contribution in [0.4, 0.5) is 19.4 Å². The molecule has 0 aliphatic carbocycles. The summed E-state index contributed by atoms with van der Waals surface area (Å²) in [6, 6.07) is 7.11. The van der Waals surface area contributed by atoms with E-state index in [4.69, 9.17) is 4.74 Å². The molecule has 32 heavy (non-hydrogen) atoms. The van der Waals surface area contributed by atoms with Gasteiger partial charge in [0.1, 0.15) is 18.1 Å². The van der Waals surface area contributed by atoms with Crippen molar-refractivity contribution >= 4 is 28.9 Å². The van der Waals surface area contributed by atoms with Crippen LogP contribution in [0.25, 0.3) is 16.7 Å². The molecule has 0 radical (unpaired) electrons. The molecule has 5 heterocycles. The van der Waals surface area contributed by atoms with Crippen molar-refractivity contribution < 1.29 is 23.1 Å². The third-order valence-electron chi connectivity index (χ3n) is 6.04. The molecule has 3 aromatic heterocycles. The summed E-state index contributed by atoms with van der Waals surface area (Å²) in [5, 5.41) is 0.749. The number of aromatic nitrogens is 3. The van der Waals surface area contributed by atoms with E-state index in [2.05, 4.69) is 9.97 Å². The molecule has 0 spiro atoms. The highest BCUT2D eigenvalue weighted by atomic mass is 19.3. The van der Waals surface area contributed by atoms with Gasteiger partial charge in [-0.3, -0.25) is 14.3 Å². The van der Waals surface area contributed by atoms with Gasteiger partial charge in [0.2, 0.25) is 0 Å². The first kappa shape index (κ1) is 20.3. The monoisotopic (exact) mass is 441 g/mol. The van der Waals surface area contributed by atoms with Crippen LogP contribution in [0.5, 0.6) is 0 Å². The van der Waals surface area contributed by atoms with Crippen molar-refractivity contribution in [2.75, 3.05) is 31.1 Å². The quantitative estimate of drug-likeness (QED) is 0.622. The van der Waals surface area contributed by atoms with E-state index in [1.54, 1.807) is 18.3 Å². The Balaban J connectivity index is 1.37. The minimum absolute atomic E-state index is 0.0213. The number of amides is 2. The maximum atomic E-state index is 13.8. The topological polar surface area (TPSA) is 80.6 Å². The lowest BCUT2D eigenvalue weighted by atomic mass is 9.95. The number of nitrogens with zero attached hydrogens (tertiary/aromatic N) is 5. The Bertz CT molecular complexity index is 1190. The van der Waals surface area contributed by atoms with Crippen LogP contribution in [0.3, 0.4) is 0 Å². The lowest BCUT2D eigenvalue weighted by molar-refractivity contribution is -0.0921. The highest BCUT2D eigenvalue weighted by Gasteiger charge is 2.42. The normalized spacial score (nSPS) is 20.6. The fourth-order valence-corrected chi connectivity index (χ4v) is 4.08. The molecule has 0 bridgehead atoms.